The van der Waals surface area contributed by atoms with Crippen LogP contribution in [0.25, 0.3) is 0 Å². The molecule has 1 aliphatic rings. The predicted octanol–water partition coefficient (Wildman–Crippen LogP) is 2.61. The van der Waals surface area contributed by atoms with Gasteiger partial charge in [-0.3, -0.25) is 9.59 Å². The Balaban J connectivity index is 2.26. The number of aryl methyl sites for hydroxylation is 3. The van der Waals surface area contributed by atoms with Crippen LogP contribution in [0.1, 0.15) is 27.9 Å². The number of fused-ring (bicyclic) bond motifs is 1. The monoisotopic (exact) mass is 384 g/mol. The summed E-state index contributed by atoms with van der Waals surface area (Å²) in [4.78, 5) is 24.7. The Bertz CT molecular complexity index is 1030. The fourth-order valence-electron chi connectivity index (χ4n) is 2.63. The van der Waals surface area contributed by atoms with Crippen molar-refractivity contribution in [2.45, 2.75) is 20.8 Å². The van der Waals surface area contributed by atoms with Gasteiger partial charge in [-0.05, 0) is 50.1 Å². The number of hydrogen-bond donors (Lipinski definition) is 1. The molecule has 6 nitrogen and oxygen atoms in total. The number of carbonyl (C=O) groups is 1. The van der Waals surface area contributed by atoms with Crippen molar-refractivity contribution in [3.63, 3.8) is 0 Å². The summed E-state index contributed by atoms with van der Waals surface area (Å²) in [6.45, 7) is 5.31. The Morgan fingerprint density at radius 1 is 1.17 bits per heavy atom. The maximum absolute atomic E-state index is 12.5. The molecule has 2 aromatic rings. The van der Waals surface area contributed by atoms with Gasteiger partial charge in [0.15, 0.2) is 5.71 Å². The molecule has 1 aromatic carbocycles. The first-order chi connectivity index (χ1) is 11.3. The molecule has 0 bridgehead atoms. The topological polar surface area (TPSA) is 87.2 Å². The molecule has 3 rings (SSSR count). The second kappa shape index (κ2) is 5.73. The number of amides is 1. The van der Waals surface area contributed by atoms with Gasteiger partial charge in [-0.2, -0.15) is 15.0 Å². The molecule has 0 spiro atoms. The van der Waals surface area contributed by atoms with Crippen LogP contribution in [0.3, 0.4) is 0 Å². The highest BCUT2D eigenvalue weighted by molar-refractivity contribution is 9.10. The first-order valence-corrected chi connectivity index (χ1v) is 7.97. The van der Waals surface area contributed by atoms with Crippen molar-refractivity contribution in [2.75, 3.05) is 5.32 Å². The van der Waals surface area contributed by atoms with Crippen molar-refractivity contribution < 1.29 is 4.79 Å². The third-order valence-electron chi connectivity index (χ3n) is 3.89. The van der Waals surface area contributed by atoms with E-state index in [1.54, 1.807) is 26.0 Å². The molecule has 0 aliphatic carbocycles. The van der Waals surface area contributed by atoms with Gasteiger partial charge in [0.25, 0.3) is 11.5 Å². The van der Waals surface area contributed by atoms with E-state index in [9.17, 15) is 9.59 Å². The second-order valence-electron chi connectivity index (χ2n) is 5.62. The van der Waals surface area contributed by atoms with Crippen molar-refractivity contribution in [2.24, 2.45) is 5.10 Å². The second-order valence-corrected chi connectivity index (χ2v) is 6.48. The summed E-state index contributed by atoms with van der Waals surface area (Å²) < 4.78 is 1.98. The zero-order chi connectivity index (χ0) is 17.6. The Kier molecular flexibility index (Phi) is 3.85. The minimum atomic E-state index is -0.530. The molecule has 7 heteroatoms. The van der Waals surface area contributed by atoms with Crippen LogP contribution in [0.4, 0.5) is 5.69 Å². The summed E-state index contributed by atoms with van der Waals surface area (Å²) in [5, 5.41) is 16.1. The van der Waals surface area contributed by atoms with Gasteiger partial charge in [-0.25, -0.2) is 0 Å². The molecule has 2 heterocycles. The fraction of sp³-hybridized carbons (Fsp3) is 0.176. The molecule has 120 valence electrons. The fourth-order valence-corrected chi connectivity index (χ4v) is 2.97. The van der Waals surface area contributed by atoms with Gasteiger partial charge < -0.3 is 5.32 Å². The molecule has 0 saturated heterocycles. The zero-order valence-corrected chi connectivity index (χ0v) is 14.9. The molecule has 0 saturated carbocycles. The lowest BCUT2D eigenvalue weighted by Crippen LogP contribution is -2.26. The Morgan fingerprint density at radius 3 is 2.54 bits per heavy atom. The lowest BCUT2D eigenvalue weighted by atomic mass is 10.1. The van der Waals surface area contributed by atoms with E-state index in [1.807, 2.05) is 19.1 Å². The molecule has 0 atom stereocenters. The maximum Gasteiger partial charge on any atom is 0.289 e. The Morgan fingerprint density at radius 2 is 1.88 bits per heavy atom. The molecule has 1 amide bonds. The number of aromatic nitrogens is 1. The summed E-state index contributed by atoms with van der Waals surface area (Å²) in [6, 6.07) is 7.22. The van der Waals surface area contributed by atoms with Crippen LogP contribution in [-0.2, 0) is 4.79 Å². The van der Waals surface area contributed by atoms with E-state index in [-0.39, 0.29) is 17.2 Å². The van der Waals surface area contributed by atoms with Gasteiger partial charge in [0.05, 0.1) is 5.69 Å². The summed E-state index contributed by atoms with van der Waals surface area (Å²) in [7, 11) is 0. The van der Waals surface area contributed by atoms with Gasteiger partial charge >= 0.3 is 0 Å². The summed E-state index contributed by atoms with van der Waals surface area (Å²) in [6.07, 6.45) is 0. The van der Waals surface area contributed by atoms with Crippen LogP contribution < -0.4 is 10.9 Å². The smallest absolute Gasteiger partial charge is 0.289 e. The zero-order valence-electron chi connectivity index (χ0n) is 13.3. The normalized spacial score (nSPS) is 14.5. The number of benzene rings is 1. The van der Waals surface area contributed by atoms with Crippen molar-refractivity contribution in [3.8, 4) is 6.07 Å². The van der Waals surface area contributed by atoms with E-state index in [0.29, 0.717) is 22.5 Å². The lowest BCUT2D eigenvalue weighted by molar-refractivity contribution is -0.110. The molecule has 1 aliphatic heterocycles. The van der Waals surface area contributed by atoms with Crippen molar-refractivity contribution in [1.29, 1.82) is 5.26 Å². The average molecular weight is 385 g/mol. The van der Waals surface area contributed by atoms with Gasteiger partial charge in [-0.15, -0.1) is 0 Å². The quantitative estimate of drug-likeness (QED) is 0.819. The molecule has 24 heavy (non-hydrogen) atoms. The van der Waals surface area contributed by atoms with Gasteiger partial charge in [0.2, 0.25) is 0 Å². The van der Waals surface area contributed by atoms with Crippen molar-refractivity contribution >= 4 is 33.2 Å². The molecule has 1 N–H and O–H groups in total. The third kappa shape index (κ3) is 2.45. The molecule has 0 unspecified atom stereocenters. The predicted molar refractivity (Wildman–Crippen MR) is 94.3 cm³/mol. The van der Waals surface area contributed by atoms with Crippen LogP contribution in [-0.4, -0.2) is 16.3 Å². The highest BCUT2D eigenvalue weighted by Gasteiger charge is 2.27. The Hall–Kier alpha value is -2.72. The lowest BCUT2D eigenvalue weighted by Gasteiger charge is -2.08. The van der Waals surface area contributed by atoms with Crippen molar-refractivity contribution in [1.82, 2.24) is 4.68 Å². The van der Waals surface area contributed by atoms with Gasteiger partial charge in [0.1, 0.15) is 11.6 Å². The number of hydrogen-bond acceptors (Lipinski definition) is 4. The van der Waals surface area contributed by atoms with Gasteiger partial charge in [0, 0.05) is 15.7 Å². The number of nitriles is 1. The minimum Gasteiger partial charge on any atom is -0.320 e. The molecule has 1 aromatic heterocycles. The summed E-state index contributed by atoms with van der Waals surface area (Å²) in [5.74, 6) is -0.382. The number of nitrogens with one attached hydrogen (secondary N) is 1. The molecule has 0 fully saturated rings. The van der Waals surface area contributed by atoms with Crippen LogP contribution in [0.5, 0.6) is 0 Å². The first-order valence-electron chi connectivity index (χ1n) is 7.17. The summed E-state index contributed by atoms with van der Waals surface area (Å²) in [5.41, 5.74) is 3.00. The molecule has 0 radical (unpaired) electrons. The number of rotatable bonds is 1. The van der Waals surface area contributed by atoms with E-state index in [0.717, 1.165) is 14.7 Å². The largest absolute Gasteiger partial charge is 0.320 e. The summed E-state index contributed by atoms with van der Waals surface area (Å²) >= 11 is 3.42. The number of carbonyl (C=O) groups excluding carboxylic acids is 1. The number of pyridine rings is 1. The SMILES string of the molecule is Cc1cc2c(cc1Br)NC(=O)C2=Nn1c(C)cc(C)c(C#N)c1=O. The minimum absolute atomic E-state index is 0.0237. The van der Waals surface area contributed by atoms with E-state index in [1.165, 1.54) is 0 Å². The Labute approximate surface area is 146 Å². The van der Waals surface area contributed by atoms with Crippen LogP contribution in [0.15, 0.2) is 32.6 Å². The third-order valence-corrected chi connectivity index (χ3v) is 4.74. The molecular weight excluding hydrogens is 372 g/mol. The van der Waals surface area contributed by atoms with Gasteiger partial charge in [-0.1, -0.05) is 15.9 Å². The van der Waals surface area contributed by atoms with Crippen LogP contribution in [0, 0.1) is 32.1 Å². The van der Waals surface area contributed by atoms with E-state index in [2.05, 4.69) is 26.3 Å². The number of halogens is 1. The number of nitrogens with zero attached hydrogens (tertiary/aromatic N) is 3. The maximum atomic E-state index is 12.5. The highest BCUT2D eigenvalue weighted by Crippen LogP contribution is 2.30. The van der Waals surface area contributed by atoms with E-state index < -0.39 is 5.56 Å². The van der Waals surface area contributed by atoms with Crippen LogP contribution in [0.2, 0.25) is 0 Å². The molecular formula is C17H13BrN4O2. The van der Waals surface area contributed by atoms with Crippen molar-refractivity contribution in [3.05, 3.63) is 61.0 Å². The standard InChI is InChI=1S/C17H13BrN4O2/c1-8-4-10(3)22(17(24)12(8)7-19)21-15-11-5-9(2)13(18)6-14(11)20-16(15)23/h4-6H,1-3H3,(H,20,21,23). The first kappa shape index (κ1) is 16.1. The average Bonchev–Trinajstić information content (AvgIpc) is 2.79. The van der Waals surface area contributed by atoms with E-state index in [4.69, 9.17) is 5.26 Å². The number of anilines is 1. The highest BCUT2D eigenvalue weighted by atomic mass is 79.9. The van der Waals surface area contributed by atoms with Crippen LogP contribution >= 0.6 is 15.9 Å². The van der Waals surface area contributed by atoms with E-state index >= 15 is 0 Å².